The van der Waals surface area contributed by atoms with E-state index in [0.29, 0.717) is 13.2 Å². The van der Waals surface area contributed by atoms with Crippen LogP contribution in [0.5, 0.6) is 0 Å². The van der Waals surface area contributed by atoms with Gasteiger partial charge in [0.1, 0.15) is 17.3 Å². The van der Waals surface area contributed by atoms with Crippen LogP contribution >= 0.6 is 0 Å². The minimum atomic E-state index is -0.817. The van der Waals surface area contributed by atoms with Crippen LogP contribution in [-0.2, 0) is 11.3 Å². The molecule has 1 unspecified atom stereocenters. The van der Waals surface area contributed by atoms with E-state index in [1.165, 1.54) is 11.6 Å². The maximum Gasteiger partial charge on any atom is 0.319 e. The van der Waals surface area contributed by atoms with Gasteiger partial charge in [0.15, 0.2) is 0 Å². The van der Waals surface area contributed by atoms with Crippen molar-refractivity contribution in [2.45, 2.75) is 12.6 Å². The van der Waals surface area contributed by atoms with Crippen LogP contribution < -0.4 is 10.6 Å². The molecule has 26 heavy (non-hydrogen) atoms. The maximum absolute atomic E-state index is 13.6. The van der Waals surface area contributed by atoms with Crippen LogP contribution in [0, 0.1) is 11.6 Å². The highest BCUT2D eigenvalue weighted by Crippen LogP contribution is 2.17. The molecule has 5 nitrogen and oxygen atoms in total. The van der Waals surface area contributed by atoms with E-state index < -0.39 is 23.4 Å². The van der Waals surface area contributed by atoms with E-state index in [1.807, 2.05) is 18.2 Å². The predicted octanol–water partition coefficient (Wildman–Crippen LogP) is 2.99. The second-order valence-electron chi connectivity index (χ2n) is 6.15. The van der Waals surface area contributed by atoms with Crippen LogP contribution in [0.25, 0.3) is 0 Å². The normalized spacial score (nSPS) is 17.7. The molecule has 1 saturated heterocycles. The number of ether oxygens (including phenoxy) is 1. The fraction of sp³-hybridized carbons (Fsp3) is 0.316. The summed E-state index contributed by atoms with van der Waals surface area (Å²) in [5, 5.41) is 4.80. The second-order valence-corrected chi connectivity index (χ2v) is 6.15. The molecule has 1 aliphatic heterocycles. The van der Waals surface area contributed by atoms with Gasteiger partial charge in [0, 0.05) is 26.2 Å². The number of carbonyl (C=O) groups excluding carboxylic acids is 1. The number of halogens is 2. The van der Waals surface area contributed by atoms with Gasteiger partial charge in [-0.2, -0.15) is 0 Å². The Kier molecular flexibility index (Phi) is 6.14. The van der Waals surface area contributed by atoms with E-state index in [2.05, 4.69) is 27.7 Å². The fourth-order valence-corrected chi connectivity index (χ4v) is 2.87. The van der Waals surface area contributed by atoms with Crippen molar-refractivity contribution in [1.82, 2.24) is 10.2 Å². The smallest absolute Gasteiger partial charge is 0.319 e. The van der Waals surface area contributed by atoms with Crippen molar-refractivity contribution >= 4 is 11.7 Å². The van der Waals surface area contributed by atoms with Crippen LogP contribution in [0.3, 0.4) is 0 Å². The standard InChI is InChI=1S/C19H21F2N3O2/c20-16-7-4-8-17(21)18(16)23-19(25)22-11-15-13-24(9-10-26-15)12-14-5-2-1-3-6-14/h1-8,15H,9-13H2,(H2,22,23,25). The number of amides is 2. The molecule has 0 radical (unpaired) electrons. The molecule has 7 heteroatoms. The number of hydrogen-bond acceptors (Lipinski definition) is 3. The molecule has 0 bridgehead atoms. The number of nitrogens with one attached hydrogen (secondary N) is 2. The molecule has 2 amide bonds. The van der Waals surface area contributed by atoms with Crippen LogP contribution in [0.1, 0.15) is 5.56 Å². The number of rotatable bonds is 5. The second kappa shape index (κ2) is 8.73. The molecule has 2 aromatic rings. The lowest BCUT2D eigenvalue weighted by Gasteiger charge is -2.33. The Labute approximate surface area is 151 Å². The van der Waals surface area contributed by atoms with E-state index >= 15 is 0 Å². The molecule has 1 atom stereocenters. The van der Waals surface area contributed by atoms with Gasteiger partial charge in [-0.15, -0.1) is 0 Å². The summed E-state index contributed by atoms with van der Waals surface area (Å²) >= 11 is 0. The van der Waals surface area contributed by atoms with Crippen molar-refractivity contribution in [2.24, 2.45) is 0 Å². The molecule has 0 spiro atoms. The lowest BCUT2D eigenvalue weighted by molar-refractivity contribution is -0.0285. The lowest BCUT2D eigenvalue weighted by atomic mass is 10.2. The summed E-state index contributed by atoms with van der Waals surface area (Å²) < 4.78 is 32.8. The third-order valence-electron chi connectivity index (χ3n) is 4.16. The summed E-state index contributed by atoms with van der Waals surface area (Å²) in [4.78, 5) is 14.2. The van der Waals surface area contributed by atoms with Crippen molar-refractivity contribution in [3.63, 3.8) is 0 Å². The average molecular weight is 361 g/mol. The molecule has 1 heterocycles. The quantitative estimate of drug-likeness (QED) is 0.861. The van der Waals surface area contributed by atoms with Gasteiger partial charge in [-0.05, 0) is 17.7 Å². The summed E-state index contributed by atoms with van der Waals surface area (Å²) in [6.07, 6.45) is -0.177. The lowest BCUT2D eigenvalue weighted by Crippen LogP contribution is -2.47. The third kappa shape index (κ3) is 5.00. The maximum atomic E-state index is 13.6. The molecule has 0 saturated carbocycles. The van der Waals surface area contributed by atoms with E-state index in [4.69, 9.17) is 4.74 Å². The molecule has 2 N–H and O–H groups in total. The topological polar surface area (TPSA) is 53.6 Å². The highest BCUT2D eigenvalue weighted by Gasteiger charge is 2.21. The van der Waals surface area contributed by atoms with Crippen molar-refractivity contribution in [1.29, 1.82) is 0 Å². The van der Waals surface area contributed by atoms with Gasteiger partial charge in [0.2, 0.25) is 0 Å². The first-order valence-electron chi connectivity index (χ1n) is 8.48. The van der Waals surface area contributed by atoms with Gasteiger partial charge in [-0.3, -0.25) is 4.90 Å². The molecular formula is C19H21F2N3O2. The number of nitrogens with zero attached hydrogens (tertiary/aromatic N) is 1. The molecule has 3 rings (SSSR count). The van der Waals surface area contributed by atoms with Crippen LogP contribution in [0.2, 0.25) is 0 Å². The summed E-state index contributed by atoms with van der Waals surface area (Å²) in [5.74, 6) is -1.63. The van der Waals surface area contributed by atoms with Crippen molar-refractivity contribution in [3.8, 4) is 0 Å². The Balaban J connectivity index is 1.47. The minimum Gasteiger partial charge on any atom is -0.374 e. The first kappa shape index (κ1) is 18.3. The highest BCUT2D eigenvalue weighted by molar-refractivity contribution is 5.89. The zero-order valence-corrected chi connectivity index (χ0v) is 14.3. The Morgan fingerprint density at radius 3 is 2.58 bits per heavy atom. The predicted molar refractivity (Wildman–Crippen MR) is 94.8 cm³/mol. The largest absolute Gasteiger partial charge is 0.374 e. The van der Waals surface area contributed by atoms with E-state index in [0.717, 1.165) is 25.2 Å². The number of hydrogen-bond donors (Lipinski definition) is 2. The third-order valence-corrected chi connectivity index (χ3v) is 4.16. The first-order chi connectivity index (χ1) is 12.6. The molecule has 1 aliphatic rings. The number of urea groups is 1. The van der Waals surface area contributed by atoms with E-state index in [-0.39, 0.29) is 12.6 Å². The minimum absolute atomic E-state index is 0.177. The Bertz CT molecular complexity index is 723. The van der Waals surface area contributed by atoms with Crippen molar-refractivity contribution in [3.05, 3.63) is 65.7 Å². The molecule has 138 valence electrons. The van der Waals surface area contributed by atoms with Crippen LogP contribution in [0.4, 0.5) is 19.3 Å². The van der Waals surface area contributed by atoms with Gasteiger partial charge in [-0.1, -0.05) is 36.4 Å². The Hall–Kier alpha value is -2.51. The summed E-state index contributed by atoms with van der Waals surface area (Å²) in [5.41, 5.74) is 0.758. The molecule has 2 aromatic carbocycles. The van der Waals surface area contributed by atoms with Gasteiger partial charge >= 0.3 is 6.03 Å². The number of carbonyl (C=O) groups is 1. The van der Waals surface area contributed by atoms with E-state index in [1.54, 1.807) is 0 Å². The molecule has 1 fully saturated rings. The summed E-state index contributed by atoms with van der Waals surface area (Å²) in [6.45, 7) is 3.13. The monoisotopic (exact) mass is 361 g/mol. The van der Waals surface area contributed by atoms with Gasteiger partial charge < -0.3 is 15.4 Å². The van der Waals surface area contributed by atoms with Crippen LogP contribution in [0.15, 0.2) is 48.5 Å². The number of morpholine rings is 1. The summed E-state index contributed by atoms with van der Waals surface area (Å²) in [7, 11) is 0. The Morgan fingerprint density at radius 1 is 1.12 bits per heavy atom. The highest BCUT2D eigenvalue weighted by atomic mass is 19.1. The van der Waals surface area contributed by atoms with Crippen molar-refractivity contribution in [2.75, 3.05) is 31.6 Å². The number of benzene rings is 2. The SMILES string of the molecule is O=C(NCC1CN(Cc2ccccc2)CCO1)Nc1c(F)cccc1F. The van der Waals surface area contributed by atoms with Gasteiger partial charge in [-0.25, -0.2) is 13.6 Å². The van der Waals surface area contributed by atoms with Gasteiger partial charge in [0.25, 0.3) is 0 Å². The number of para-hydroxylation sites is 1. The molecular weight excluding hydrogens is 340 g/mol. The molecule has 0 aliphatic carbocycles. The van der Waals surface area contributed by atoms with E-state index in [9.17, 15) is 13.6 Å². The fourth-order valence-electron chi connectivity index (χ4n) is 2.87. The summed E-state index contributed by atoms with van der Waals surface area (Å²) in [6, 6.07) is 12.9. The first-order valence-corrected chi connectivity index (χ1v) is 8.48. The number of anilines is 1. The van der Waals surface area contributed by atoms with Crippen LogP contribution in [-0.4, -0.2) is 43.3 Å². The van der Waals surface area contributed by atoms with Gasteiger partial charge in [0.05, 0.1) is 12.7 Å². The van der Waals surface area contributed by atoms with Crippen molar-refractivity contribution < 1.29 is 18.3 Å². The zero-order chi connectivity index (χ0) is 18.4. The zero-order valence-electron chi connectivity index (χ0n) is 14.3. The average Bonchev–Trinajstić information content (AvgIpc) is 2.64. The molecule has 0 aromatic heterocycles. The Morgan fingerprint density at radius 2 is 1.85 bits per heavy atom.